The first-order chi connectivity index (χ1) is 16.8. The van der Waals surface area contributed by atoms with Gasteiger partial charge in [0.1, 0.15) is 23.5 Å². The van der Waals surface area contributed by atoms with Gasteiger partial charge in [-0.05, 0) is 38.0 Å². The molecule has 2 unspecified atom stereocenters. The van der Waals surface area contributed by atoms with Gasteiger partial charge in [0, 0.05) is 42.9 Å². The van der Waals surface area contributed by atoms with Gasteiger partial charge in [-0.15, -0.1) is 0 Å². The summed E-state index contributed by atoms with van der Waals surface area (Å²) in [7, 11) is 1.56. The number of amides is 4. The zero-order valence-electron chi connectivity index (χ0n) is 19.8. The third-order valence-electron chi connectivity index (χ3n) is 6.65. The van der Waals surface area contributed by atoms with Gasteiger partial charge >= 0.3 is 0 Å². The maximum atomic E-state index is 13.5. The average molecular weight is 486 g/mol. The number of aromatic amines is 1. The predicted octanol–water partition coefficient (Wildman–Crippen LogP) is 0.292. The molecule has 0 spiro atoms. The average Bonchev–Trinajstić information content (AvgIpc) is 3.56. The fourth-order valence-corrected chi connectivity index (χ4v) is 4.87. The second-order valence-electron chi connectivity index (χ2n) is 8.87. The lowest BCUT2D eigenvalue weighted by Crippen LogP contribution is -2.53. The standard InChI is InChI=1S/C24H31N5O6/c1-3-35-14-10-19(23(32)28-17(21(25)30)9-13-7-8-26-22(13)31)29(12-14)24(33)18-11-15-16(27-18)5-4-6-20(15)34-2/h4-6,11,13-14,17,19,27H,3,7-10,12H2,1-2H3,(H2,25,30)(H,26,31)(H,28,32)/t13-,14?,17-,19?/m0/s1. The largest absolute Gasteiger partial charge is 0.496 e. The van der Waals surface area contributed by atoms with Gasteiger partial charge in [0.25, 0.3) is 5.91 Å². The first-order valence-electron chi connectivity index (χ1n) is 11.8. The van der Waals surface area contributed by atoms with E-state index in [2.05, 4.69) is 15.6 Å². The Morgan fingerprint density at radius 1 is 1.31 bits per heavy atom. The van der Waals surface area contributed by atoms with E-state index in [-0.39, 0.29) is 37.3 Å². The molecule has 11 nitrogen and oxygen atoms in total. The van der Waals surface area contributed by atoms with Crippen LogP contribution in [0.15, 0.2) is 24.3 Å². The minimum atomic E-state index is -1.02. The molecular formula is C24H31N5O6. The van der Waals surface area contributed by atoms with E-state index in [1.54, 1.807) is 19.2 Å². The Bertz CT molecular complexity index is 1130. The number of H-pyrrole nitrogens is 1. The van der Waals surface area contributed by atoms with Crippen LogP contribution in [0.1, 0.15) is 36.7 Å². The molecule has 4 atom stereocenters. The highest BCUT2D eigenvalue weighted by Gasteiger charge is 2.42. The molecule has 2 saturated heterocycles. The number of carbonyl (C=O) groups excluding carboxylic acids is 4. The Kier molecular flexibility index (Phi) is 7.25. The molecule has 0 radical (unpaired) electrons. The van der Waals surface area contributed by atoms with Crippen LogP contribution in [0.5, 0.6) is 5.75 Å². The summed E-state index contributed by atoms with van der Waals surface area (Å²) < 4.78 is 11.1. The lowest BCUT2D eigenvalue weighted by atomic mass is 9.97. The van der Waals surface area contributed by atoms with E-state index >= 15 is 0 Å². The molecule has 3 heterocycles. The number of benzene rings is 1. The van der Waals surface area contributed by atoms with E-state index in [0.717, 1.165) is 10.9 Å². The molecule has 35 heavy (non-hydrogen) atoms. The first kappa shape index (κ1) is 24.5. The van der Waals surface area contributed by atoms with Crippen LogP contribution in [0, 0.1) is 5.92 Å². The number of nitrogens with one attached hydrogen (secondary N) is 3. The molecule has 0 saturated carbocycles. The van der Waals surface area contributed by atoms with E-state index in [1.165, 1.54) is 4.90 Å². The van der Waals surface area contributed by atoms with Crippen molar-refractivity contribution in [3.8, 4) is 5.75 Å². The molecule has 4 rings (SSSR count). The summed E-state index contributed by atoms with van der Waals surface area (Å²) in [5.74, 6) is -1.52. The molecule has 2 aliphatic rings. The molecule has 1 aromatic carbocycles. The summed E-state index contributed by atoms with van der Waals surface area (Å²) in [5.41, 5.74) is 6.58. The monoisotopic (exact) mass is 485 g/mol. The van der Waals surface area contributed by atoms with Gasteiger partial charge in [-0.1, -0.05) is 6.07 Å². The number of nitrogens with two attached hydrogens (primary N) is 1. The molecular weight excluding hydrogens is 454 g/mol. The topological polar surface area (TPSA) is 156 Å². The van der Waals surface area contributed by atoms with Crippen LogP contribution in [-0.2, 0) is 19.1 Å². The minimum Gasteiger partial charge on any atom is -0.496 e. The van der Waals surface area contributed by atoms with Gasteiger partial charge in [-0.25, -0.2) is 0 Å². The van der Waals surface area contributed by atoms with E-state index < -0.39 is 29.8 Å². The van der Waals surface area contributed by atoms with Crippen molar-refractivity contribution in [1.29, 1.82) is 0 Å². The fourth-order valence-electron chi connectivity index (χ4n) is 4.87. The maximum Gasteiger partial charge on any atom is 0.271 e. The number of primary amides is 1. The van der Waals surface area contributed by atoms with Crippen LogP contribution in [0.3, 0.4) is 0 Å². The molecule has 2 fully saturated rings. The summed E-state index contributed by atoms with van der Waals surface area (Å²) in [4.78, 5) is 55.3. The number of likely N-dealkylation sites (tertiary alicyclic amines) is 1. The van der Waals surface area contributed by atoms with Crippen molar-refractivity contribution in [2.45, 2.75) is 44.4 Å². The number of carbonyl (C=O) groups is 4. The molecule has 188 valence electrons. The van der Waals surface area contributed by atoms with Gasteiger partial charge in [-0.3, -0.25) is 19.2 Å². The highest BCUT2D eigenvalue weighted by atomic mass is 16.5. The summed E-state index contributed by atoms with van der Waals surface area (Å²) in [6.07, 6.45) is 0.642. The summed E-state index contributed by atoms with van der Waals surface area (Å²) in [6.45, 7) is 3.04. The van der Waals surface area contributed by atoms with Crippen LogP contribution in [-0.4, -0.2) is 78.5 Å². The van der Waals surface area contributed by atoms with Crippen molar-refractivity contribution < 1.29 is 28.7 Å². The van der Waals surface area contributed by atoms with Crippen molar-refractivity contribution in [2.24, 2.45) is 11.7 Å². The SMILES string of the molecule is CCOC1CC(C(=O)N[C@@H](C[C@@H]2CCNC2=O)C(N)=O)N(C(=O)c2cc3c(OC)cccc3[nH]2)C1. The van der Waals surface area contributed by atoms with Gasteiger partial charge in [0.15, 0.2) is 0 Å². The zero-order valence-corrected chi connectivity index (χ0v) is 19.8. The molecule has 2 aliphatic heterocycles. The van der Waals surface area contributed by atoms with Gasteiger partial charge in [-0.2, -0.15) is 0 Å². The van der Waals surface area contributed by atoms with Crippen LogP contribution >= 0.6 is 0 Å². The quantitative estimate of drug-likeness (QED) is 0.400. The lowest BCUT2D eigenvalue weighted by molar-refractivity contribution is -0.131. The van der Waals surface area contributed by atoms with E-state index in [0.29, 0.717) is 31.0 Å². The van der Waals surface area contributed by atoms with Gasteiger partial charge < -0.3 is 35.7 Å². The smallest absolute Gasteiger partial charge is 0.271 e. The number of ether oxygens (including phenoxy) is 2. The van der Waals surface area contributed by atoms with Crippen molar-refractivity contribution in [3.63, 3.8) is 0 Å². The van der Waals surface area contributed by atoms with Crippen molar-refractivity contribution in [1.82, 2.24) is 20.5 Å². The summed E-state index contributed by atoms with van der Waals surface area (Å²) in [5, 5.41) is 6.15. The third kappa shape index (κ3) is 5.09. The molecule has 4 amide bonds. The molecule has 2 aromatic rings. The fraction of sp³-hybridized carbons (Fsp3) is 0.500. The number of hydrogen-bond donors (Lipinski definition) is 4. The van der Waals surface area contributed by atoms with Crippen molar-refractivity contribution in [3.05, 3.63) is 30.0 Å². The second-order valence-corrected chi connectivity index (χ2v) is 8.87. The maximum absolute atomic E-state index is 13.5. The predicted molar refractivity (Wildman–Crippen MR) is 127 cm³/mol. The number of rotatable bonds is 9. The lowest BCUT2D eigenvalue weighted by Gasteiger charge is -2.25. The van der Waals surface area contributed by atoms with Crippen LogP contribution in [0.25, 0.3) is 10.9 Å². The minimum absolute atomic E-state index is 0.115. The highest BCUT2D eigenvalue weighted by Crippen LogP contribution is 2.29. The van der Waals surface area contributed by atoms with E-state index in [9.17, 15) is 19.2 Å². The van der Waals surface area contributed by atoms with Gasteiger partial charge in [0.05, 0.1) is 13.2 Å². The summed E-state index contributed by atoms with van der Waals surface area (Å²) in [6, 6.07) is 5.28. The van der Waals surface area contributed by atoms with Gasteiger partial charge in [0.2, 0.25) is 17.7 Å². The Balaban J connectivity index is 1.54. The number of methoxy groups -OCH3 is 1. The Morgan fingerprint density at radius 2 is 2.11 bits per heavy atom. The summed E-state index contributed by atoms with van der Waals surface area (Å²) >= 11 is 0. The van der Waals surface area contributed by atoms with Crippen LogP contribution in [0.4, 0.5) is 0 Å². The molecule has 11 heteroatoms. The second kappa shape index (κ2) is 10.3. The van der Waals surface area contributed by atoms with Crippen LogP contribution < -0.4 is 21.1 Å². The molecule has 1 aromatic heterocycles. The Morgan fingerprint density at radius 3 is 2.77 bits per heavy atom. The normalized spacial score (nSPS) is 22.7. The Labute approximate surface area is 202 Å². The number of aromatic nitrogens is 1. The number of hydrogen-bond acceptors (Lipinski definition) is 6. The third-order valence-corrected chi connectivity index (χ3v) is 6.65. The van der Waals surface area contributed by atoms with E-state index in [1.807, 2.05) is 19.1 Å². The first-order valence-corrected chi connectivity index (χ1v) is 11.8. The molecule has 5 N–H and O–H groups in total. The highest BCUT2D eigenvalue weighted by molar-refractivity contribution is 6.02. The molecule has 0 aliphatic carbocycles. The van der Waals surface area contributed by atoms with Crippen molar-refractivity contribution >= 4 is 34.5 Å². The molecule has 0 bridgehead atoms. The number of nitrogens with zero attached hydrogens (tertiary/aromatic N) is 1. The Hall–Kier alpha value is -3.60. The zero-order chi connectivity index (χ0) is 25.1. The van der Waals surface area contributed by atoms with Crippen LogP contribution in [0.2, 0.25) is 0 Å². The number of fused-ring (bicyclic) bond motifs is 1. The van der Waals surface area contributed by atoms with Crippen molar-refractivity contribution in [2.75, 3.05) is 26.8 Å². The van der Waals surface area contributed by atoms with E-state index in [4.69, 9.17) is 15.2 Å².